The van der Waals surface area contributed by atoms with Crippen molar-refractivity contribution < 1.29 is 100 Å². The fraction of sp³-hybridized carbons (Fsp3) is 0. The maximum atomic E-state index is 8.56. The van der Waals surface area contributed by atoms with Gasteiger partial charge in [-0.25, -0.2) is 4.79 Å². The summed E-state index contributed by atoms with van der Waals surface area (Å²) in [5.74, 6) is 0. The first-order chi connectivity index (χ1) is 1.73. The molecule has 0 atom stereocenters. The maximum absolute atomic E-state index is 8.56. The van der Waals surface area contributed by atoms with E-state index < -0.39 is 6.16 Å². The van der Waals surface area contributed by atoms with Crippen molar-refractivity contribution in [1.29, 1.82) is 0 Å². The van der Waals surface area contributed by atoms with Crippen LogP contribution in [0.15, 0.2) is 0 Å². The molecule has 3 nitrogen and oxygen atoms in total. The fourth-order valence-electron chi connectivity index (χ4n) is 0. The third-order valence-electron chi connectivity index (χ3n) is 0. The average Bonchev–Trinajstić information content (AvgIpc) is 0.811. The van der Waals surface area contributed by atoms with Crippen molar-refractivity contribution in [3.05, 3.63) is 0 Å². The van der Waals surface area contributed by atoms with Crippen molar-refractivity contribution in [1.82, 2.24) is 0 Å². The second kappa shape index (κ2) is 23.0. The van der Waals surface area contributed by atoms with E-state index in [-0.39, 0.29) is 85.4 Å². The van der Waals surface area contributed by atoms with Gasteiger partial charge in [-0.1, -0.05) is 0 Å². The van der Waals surface area contributed by atoms with Crippen LogP contribution in [0.2, 0.25) is 0 Å². The quantitative estimate of drug-likeness (QED) is 0.607. The van der Waals surface area contributed by atoms with Gasteiger partial charge in [0, 0.05) is 85.4 Å². The molecule has 0 spiro atoms. The van der Waals surface area contributed by atoms with Gasteiger partial charge in [0.15, 0.2) is 0 Å². The van der Waals surface area contributed by atoms with Gasteiger partial charge in [-0.05, 0) is 0 Å². The van der Waals surface area contributed by atoms with Gasteiger partial charge in [0.1, 0.15) is 0 Å². The first-order valence-electron chi connectivity index (χ1n) is 0.651. The minimum Gasteiger partial charge on any atom is -0.450 e. The molecule has 0 saturated heterocycles. The number of hydrogen-bond acceptors (Lipinski definition) is 1. The number of carbonyl (C=O) groups is 1. The molecular weight excluding hydrogens is 360 g/mol. The molecule has 0 heterocycles. The Hall–Kier alpha value is 2.02. The molecule has 0 saturated carbocycles. The first kappa shape index (κ1) is 32.3. The van der Waals surface area contributed by atoms with Crippen LogP contribution in [0.5, 0.6) is 0 Å². The molecule has 0 fully saturated rings. The summed E-state index contributed by atoms with van der Waals surface area (Å²) < 4.78 is 0. The van der Waals surface area contributed by atoms with Gasteiger partial charge in [0.2, 0.25) is 0 Å². The van der Waals surface area contributed by atoms with Gasteiger partial charge in [-0.15, -0.1) is 0 Å². The Kier molecular flexibility index (Phi) is 93.1. The van der Waals surface area contributed by atoms with E-state index in [1.165, 1.54) is 0 Å². The molecule has 0 bridgehead atoms. The van der Waals surface area contributed by atoms with Crippen LogP contribution in [0.4, 0.5) is 4.79 Å². The number of carboxylic acid groups (broad SMARTS) is 2. The summed E-state index contributed by atoms with van der Waals surface area (Å²) in [5, 5.41) is 13.9. The predicted octanol–water partition coefficient (Wildman–Crippen LogP) is 0.212. The Balaban J connectivity index is -0.00000000750. The SMILES string of the molecule is O=C(O)O.[Ni].[Ni].[Zr].[Zr]. The molecule has 0 unspecified atom stereocenters. The van der Waals surface area contributed by atoms with Crippen LogP contribution in [0.25, 0.3) is 0 Å². The summed E-state index contributed by atoms with van der Waals surface area (Å²) in [6.07, 6.45) is -1.83. The molecular formula is CH2Ni2O3Zr2. The molecule has 52 valence electrons. The van der Waals surface area contributed by atoms with Gasteiger partial charge < -0.3 is 10.2 Å². The first-order valence-corrected chi connectivity index (χ1v) is 0.651. The Labute approximate surface area is 105 Å². The molecule has 0 amide bonds. The van der Waals surface area contributed by atoms with Crippen molar-refractivity contribution in [2.24, 2.45) is 0 Å². The molecule has 0 aromatic carbocycles. The summed E-state index contributed by atoms with van der Waals surface area (Å²) in [6.45, 7) is 0. The van der Waals surface area contributed by atoms with Crippen molar-refractivity contribution >= 4 is 6.16 Å². The van der Waals surface area contributed by atoms with Crippen LogP contribution in [0.1, 0.15) is 0 Å². The smallest absolute Gasteiger partial charge is 0.450 e. The van der Waals surface area contributed by atoms with Gasteiger partial charge in [0.05, 0.1) is 0 Å². The van der Waals surface area contributed by atoms with Gasteiger partial charge in [-0.3, -0.25) is 0 Å². The summed E-state index contributed by atoms with van der Waals surface area (Å²) in [7, 11) is 0. The zero-order valence-electron chi connectivity index (χ0n) is 3.44. The molecule has 0 rings (SSSR count). The summed E-state index contributed by atoms with van der Waals surface area (Å²) in [5.41, 5.74) is 0. The van der Waals surface area contributed by atoms with E-state index in [1.807, 2.05) is 0 Å². The average molecular weight is 362 g/mol. The van der Waals surface area contributed by atoms with Crippen molar-refractivity contribution in [3.8, 4) is 0 Å². The molecule has 0 aliphatic carbocycles. The third kappa shape index (κ3) is 96.7. The van der Waals surface area contributed by atoms with Crippen LogP contribution in [0, 0.1) is 0 Å². The van der Waals surface area contributed by atoms with Crippen molar-refractivity contribution in [2.45, 2.75) is 0 Å². The van der Waals surface area contributed by atoms with E-state index in [9.17, 15) is 0 Å². The van der Waals surface area contributed by atoms with Crippen LogP contribution in [0.3, 0.4) is 0 Å². The fourth-order valence-corrected chi connectivity index (χ4v) is 0. The second-order valence-electron chi connectivity index (χ2n) is 0.283. The minimum absolute atomic E-state index is 0. The largest absolute Gasteiger partial charge is 0.503 e. The van der Waals surface area contributed by atoms with Gasteiger partial charge in [0.25, 0.3) is 0 Å². The Morgan fingerprint density at radius 3 is 1.00 bits per heavy atom. The summed E-state index contributed by atoms with van der Waals surface area (Å²) >= 11 is 0. The molecule has 2 N–H and O–H groups in total. The normalized spacial score (nSPS) is 3.00. The number of rotatable bonds is 0. The maximum Gasteiger partial charge on any atom is 0.503 e. The van der Waals surface area contributed by atoms with Crippen LogP contribution in [-0.2, 0) is 85.4 Å². The van der Waals surface area contributed by atoms with Gasteiger partial charge >= 0.3 is 6.16 Å². The topological polar surface area (TPSA) is 57.5 Å². The molecule has 0 aliphatic rings. The second-order valence-corrected chi connectivity index (χ2v) is 0.283. The Morgan fingerprint density at radius 2 is 1.00 bits per heavy atom. The van der Waals surface area contributed by atoms with E-state index in [4.69, 9.17) is 15.0 Å². The zero-order valence-corrected chi connectivity index (χ0v) is 10.3. The van der Waals surface area contributed by atoms with E-state index in [0.29, 0.717) is 0 Å². The van der Waals surface area contributed by atoms with Crippen molar-refractivity contribution in [2.75, 3.05) is 0 Å². The Bertz CT molecular complexity index is 38.3. The number of hydrogen-bond donors (Lipinski definition) is 2. The van der Waals surface area contributed by atoms with Crippen LogP contribution >= 0.6 is 0 Å². The van der Waals surface area contributed by atoms with Gasteiger partial charge in [-0.2, -0.15) is 0 Å². The predicted molar refractivity (Wildman–Crippen MR) is 10.7 cm³/mol. The molecule has 7 heteroatoms. The molecule has 0 aromatic rings. The monoisotopic (exact) mass is 358 g/mol. The molecule has 0 aromatic heterocycles. The van der Waals surface area contributed by atoms with E-state index in [2.05, 4.69) is 0 Å². The van der Waals surface area contributed by atoms with E-state index in [1.54, 1.807) is 0 Å². The zero-order chi connectivity index (χ0) is 3.58. The van der Waals surface area contributed by atoms with Crippen molar-refractivity contribution in [3.63, 3.8) is 0 Å². The molecule has 8 heavy (non-hydrogen) atoms. The van der Waals surface area contributed by atoms with Crippen LogP contribution in [-0.4, -0.2) is 16.4 Å². The van der Waals surface area contributed by atoms with E-state index >= 15 is 0 Å². The Morgan fingerprint density at radius 1 is 1.00 bits per heavy atom. The molecule has 0 aliphatic heterocycles. The van der Waals surface area contributed by atoms with Crippen LogP contribution < -0.4 is 0 Å². The third-order valence-corrected chi connectivity index (χ3v) is 0. The minimum atomic E-state index is -1.83. The summed E-state index contributed by atoms with van der Waals surface area (Å²) in [6, 6.07) is 0. The molecule has 0 radical (unpaired) electrons. The van der Waals surface area contributed by atoms with E-state index in [0.717, 1.165) is 0 Å². The standard InChI is InChI=1S/CH2O3.2Ni.2Zr/c2-1(3)4;;;;/h(H2,2,3,4);;;;. The summed E-state index contributed by atoms with van der Waals surface area (Å²) in [4.78, 5) is 8.56.